The summed E-state index contributed by atoms with van der Waals surface area (Å²) < 4.78 is 0. The highest BCUT2D eigenvalue weighted by Crippen LogP contribution is 2.21. The lowest BCUT2D eigenvalue weighted by Gasteiger charge is -2.32. The lowest BCUT2D eigenvalue weighted by atomic mass is 9.95. The Morgan fingerprint density at radius 1 is 1.54 bits per heavy atom. The lowest BCUT2D eigenvalue weighted by molar-refractivity contribution is 0.184. The topological polar surface area (TPSA) is 29.3 Å². The summed E-state index contributed by atoms with van der Waals surface area (Å²) in [4.78, 5) is 2.46. The van der Waals surface area contributed by atoms with Gasteiger partial charge in [-0.3, -0.25) is 0 Å². The van der Waals surface area contributed by atoms with E-state index >= 15 is 0 Å². The molecule has 1 atom stereocenters. The van der Waals surface area contributed by atoms with Gasteiger partial charge in [0.25, 0.3) is 0 Å². The van der Waals surface area contributed by atoms with Crippen LogP contribution in [0.5, 0.6) is 0 Å². The molecule has 0 amide bonds. The van der Waals surface area contributed by atoms with Crippen LogP contribution in [-0.2, 0) is 0 Å². The van der Waals surface area contributed by atoms with Crippen LogP contribution in [0.1, 0.15) is 32.1 Å². The van der Waals surface area contributed by atoms with E-state index in [1.165, 1.54) is 31.4 Å². The molecule has 1 rings (SSSR count). The standard InChI is InChI=1S/C11H22N2/c1-10(6-7-12)9-11-5-3-4-8-13(11)2/h11H,1,3-9,12H2,2H3. The zero-order chi connectivity index (χ0) is 9.68. The Kier molecular flexibility index (Phi) is 4.46. The van der Waals surface area contributed by atoms with Gasteiger partial charge in [0.2, 0.25) is 0 Å². The highest BCUT2D eigenvalue weighted by Gasteiger charge is 2.18. The summed E-state index contributed by atoms with van der Waals surface area (Å²) in [6.45, 7) is 6.06. The Morgan fingerprint density at radius 3 is 2.92 bits per heavy atom. The van der Waals surface area contributed by atoms with Gasteiger partial charge < -0.3 is 10.6 Å². The predicted molar refractivity (Wildman–Crippen MR) is 57.7 cm³/mol. The molecule has 1 fully saturated rings. The van der Waals surface area contributed by atoms with Crippen LogP contribution in [0.3, 0.4) is 0 Å². The second-order valence-electron chi connectivity index (χ2n) is 4.12. The molecular weight excluding hydrogens is 160 g/mol. The third kappa shape index (κ3) is 3.49. The van der Waals surface area contributed by atoms with Gasteiger partial charge in [0, 0.05) is 6.04 Å². The second kappa shape index (κ2) is 5.40. The van der Waals surface area contributed by atoms with E-state index in [1.807, 2.05) is 0 Å². The molecule has 76 valence electrons. The van der Waals surface area contributed by atoms with E-state index in [9.17, 15) is 0 Å². The van der Waals surface area contributed by atoms with Crippen molar-refractivity contribution >= 4 is 0 Å². The summed E-state index contributed by atoms with van der Waals surface area (Å²) in [7, 11) is 2.22. The molecule has 1 unspecified atom stereocenters. The lowest BCUT2D eigenvalue weighted by Crippen LogP contribution is -2.36. The van der Waals surface area contributed by atoms with Crippen molar-refractivity contribution in [2.45, 2.75) is 38.1 Å². The van der Waals surface area contributed by atoms with E-state index in [2.05, 4.69) is 18.5 Å². The van der Waals surface area contributed by atoms with Crippen molar-refractivity contribution in [1.29, 1.82) is 0 Å². The van der Waals surface area contributed by atoms with Crippen LogP contribution < -0.4 is 5.73 Å². The molecule has 0 spiro atoms. The molecule has 0 aromatic rings. The van der Waals surface area contributed by atoms with Crippen molar-refractivity contribution in [2.75, 3.05) is 20.1 Å². The van der Waals surface area contributed by atoms with Gasteiger partial charge in [0.1, 0.15) is 0 Å². The van der Waals surface area contributed by atoms with Gasteiger partial charge in [-0.2, -0.15) is 0 Å². The number of nitrogens with zero attached hydrogens (tertiary/aromatic N) is 1. The maximum absolute atomic E-state index is 5.49. The van der Waals surface area contributed by atoms with Gasteiger partial charge in [-0.05, 0) is 45.8 Å². The van der Waals surface area contributed by atoms with Crippen LogP contribution in [0.2, 0.25) is 0 Å². The highest BCUT2D eigenvalue weighted by atomic mass is 15.1. The number of hydrogen-bond acceptors (Lipinski definition) is 2. The van der Waals surface area contributed by atoms with Gasteiger partial charge in [-0.1, -0.05) is 18.6 Å². The summed E-state index contributed by atoms with van der Waals surface area (Å²) in [5.41, 5.74) is 6.82. The van der Waals surface area contributed by atoms with Gasteiger partial charge in [0.15, 0.2) is 0 Å². The molecule has 1 aliphatic rings. The molecule has 0 radical (unpaired) electrons. The number of piperidine rings is 1. The number of hydrogen-bond donors (Lipinski definition) is 1. The first-order chi connectivity index (χ1) is 6.24. The number of nitrogens with two attached hydrogens (primary N) is 1. The molecule has 0 aromatic carbocycles. The van der Waals surface area contributed by atoms with Gasteiger partial charge in [-0.25, -0.2) is 0 Å². The fourth-order valence-electron chi connectivity index (χ4n) is 2.04. The third-order valence-corrected chi connectivity index (χ3v) is 2.94. The van der Waals surface area contributed by atoms with Crippen molar-refractivity contribution in [1.82, 2.24) is 4.90 Å². The summed E-state index contributed by atoms with van der Waals surface area (Å²) >= 11 is 0. The Morgan fingerprint density at radius 2 is 2.31 bits per heavy atom. The Balaban J connectivity index is 2.29. The first-order valence-corrected chi connectivity index (χ1v) is 5.31. The zero-order valence-corrected chi connectivity index (χ0v) is 8.76. The SMILES string of the molecule is C=C(CCN)CC1CCCCN1C. The second-order valence-corrected chi connectivity index (χ2v) is 4.12. The predicted octanol–water partition coefficient (Wildman–Crippen LogP) is 1.77. The number of likely N-dealkylation sites (tertiary alicyclic amines) is 1. The highest BCUT2D eigenvalue weighted by molar-refractivity contribution is 4.98. The van der Waals surface area contributed by atoms with Crippen molar-refractivity contribution in [3.63, 3.8) is 0 Å². The first-order valence-electron chi connectivity index (χ1n) is 5.31. The average Bonchev–Trinajstić information content (AvgIpc) is 2.09. The average molecular weight is 182 g/mol. The van der Waals surface area contributed by atoms with Crippen LogP contribution in [0.4, 0.5) is 0 Å². The molecule has 1 aliphatic heterocycles. The van der Waals surface area contributed by atoms with Crippen molar-refractivity contribution < 1.29 is 0 Å². The quantitative estimate of drug-likeness (QED) is 0.671. The molecule has 2 heteroatoms. The summed E-state index contributed by atoms with van der Waals surface area (Å²) in [6.07, 6.45) is 6.21. The smallest absolute Gasteiger partial charge is 0.0129 e. The molecule has 2 nitrogen and oxygen atoms in total. The summed E-state index contributed by atoms with van der Waals surface area (Å²) in [5.74, 6) is 0. The minimum atomic E-state index is 0.729. The Bertz CT molecular complexity index is 165. The van der Waals surface area contributed by atoms with Crippen LogP contribution in [0.15, 0.2) is 12.2 Å². The summed E-state index contributed by atoms with van der Waals surface area (Å²) in [5, 5.41) is 0. The van der Waals surface area contributed by atoms with Crippen LogP contribution >= 0.6 is 0 Å². The molecule has 0 bridgehead atoms. The normalized spacial score (nSPS) is 24.6. The van der Waals surface area contributed by atoms with E-state index in [0.29, 0.717) is 0 Å². The third-order valence-electron chi connectivity index (χ3n) is 2.94. The largest absolute Gasteiger partial charge is 0.330 e. The maximum Gasteiger partial charge on any atom is 0.0129 e. The molecule has 13 heavy (non-hydrogen) atoms. The first kappa shape index (κ1) is 10.7. The van der Waals surface area contributed by atoms with Gasteiger partial charge in [-0.15, -0.1) is 0 Å². The number of rotatable bonds is 4. The monoisotopic (exact) mass is 182 g/mol. The molecular formula is C11H22N2. The maximum atomic E-state index is 5.49. The van der Waals surface area contributed by atoms with Crippen LogP contribution in [0, 0.1) is 0 Å². The molecule has 0 saturated carbocycles. The molecule has 1 saturated heterocycles. The van der Waals surface area contributed by atoms with Crippen molar-refractivity contribution in [3.8, 4) is 0 Å². The van der Waals surface area contributed by atoms with E-state index in [0.717, 1.165) is 25.4 Å². The summed E-state index contributed by atoms with van der Waals surface area (Å²) in [6, 6.07) is 0.729. The van der Waals surface area contributed by atoms with E-state index in [1.54, 1.807) is 0 Å². The molecule has 0 aliphatic carbocycles. The van der Waals surface area contributed by atoms with E-state index in [-0.39, 0.29) is 0 Å². The Labute approximate surface area is 81.8 Å². The van der Waals surface area contributed by atoms with Crippen molar-refractivity contribution in [3.05, 3.63) is 12.2 Å². The van der Waals surface area contributed by atoms with Gasteiger partial charge >= 0.3 is 0 Å². The van der Waals surface area contributed by atoms with E-state index < -0.39 is 0 Å². The minimum Gasteiger partial charge on any atom is -0.330 e. The Hall–Kier alpha value is -0.340. The van der Waals surface area contributed by atoms with E-state index in [4.69, 9.17) is 5.73 Å². The molecule has 0 aromatic heterocycles. The van der Waals surface area contributed by atoms with Gasteiger partial charge in [0.05, 0.1) is 0 Å². The zero-order valence-electron chi connectivity index (χ0n) is 8.76. The van der Waals surface area contributed by atoms with Crippen molar-refractivity contribution in [2.24, 2.45) is 5.73 Å². The van der Waals surface area contributed by atoms with Crippen LogP contribution in [-0.4, -0.2) is 31.1 Å². The van der Waals surface area contributed by atoms with Crippen LogP contribution in [0.25, 0.3) is 0 Å². The fourth-order valence-corrected chi connectivity index (χ4v) is 2.04. The molecule has 1 heterocycles. The fraction of sp³-hybridized carbons (Fsp3) is 0.818. The minimum absolute atomic E-state index is 0.729. The molecule has 2 N–H and O–H groups in total.